The summed E-state index contributed by atoms with van der Waals surface area (Å²) in [6.45, 7) is 0.780. The molecular formula is C19H19BrN4O. The van der Waals surface area contributed by atoms with Gasteiger partial charge in [0.05, 0.1) is 7.11 Å². The van der Waals surface area contributed by atoms with Crippen molar-refractivity contribution in [2.45, 2.75) is 6.42 Å². The molecule has 0 radical (unpaired) electrons. The van der Waals surface area contributed by atoms with Gasteiger partial charge in [0.2, 0.25) is 0 Å². The van der Waals surface area contributed by atoms with Crippen LogP contribution in [0.5, 0.6) is 5.75 Å². The predicted molar refractivity (Wildman–Crippen MR) is 105 cm³/mol. The van der Waals surface area contributed by atoms with Crippen LogP contribution in [0.4, 0.5) is 17.3 Å². The molecule has 0 aliphatic carbocycles. The van der Waals surface area contributed by atoms with Crippen molar-refractivity contribution in [2.24, 2.45) is 0 Å². The summed E-state index contributed by atoms with van der Waals surface area (Å²) in [5.74, 6) is 2.42. The molecule has 0 aliphatic rings. The van der Waals surface area contributed by atoms with Crippen LogP contribution in [-0.2, 0) is 6.42 Å². The molecule has 3 rings (SSSR count). The molecule has 6 heteroatoms. The van der Waals surface area contributed by atoms with Crippen molar-refractivity contribution in [3.05, 3.63) is 71.0 Å². The van der Waals surface area contributed by atoms with Crippen molar-refractivity contribution in [3.63, 3.8) is 0 Å². The van der Waals surface area contributed by atoms with Crippen LogP contribution in [-0.4, -0.2) is 23.6 Å². The van der Waals surface area contributed by atoms with Gasteiger partial charge in [-0.2, -0.15) is 0 Å². The fourth-order valence-electron chi connectivity index (χ4n) is 2.37. The van der Waals surface area contributed by atoms with Gasteiger partial charge in [-0.05, 0) is 48.4 Å². The zero-order valence-corrected chi connectivity index (χ0v) is 15.5. The SMILES string of the molecule is COc1cccc(CCNc2cc(Nc3ccc(Br)cc3)ncn2)c1. The normalized spacial score (nSPS) is 10.3. The van der Waals surface area contributed by atoms with Crippen LogP contribution in [0.2, 0.25) is 0 Å². The lowest BCUT2D eigenvalue weighted by atomic mass is 10.1. The summed E-state index contributed by atoms with van der Waals surface area (Å²) in [5.41, 5.74) is 2.19. The number of nitrogens with zero attached hydrogens (tertiary/aromatic N) is 2. The van der Waals surface area contributed by atoms with E-state index in [1.54, 1.807) is 13.4 Å². The lowest BCUT2D eigenvalue weighted by molar-refractivity contribution is 0.414. The number of hydrogen-bond acceptors (Lipinski definition) is 5. The van der Waals surface area contributed by atoms with E-state index in [0.717, 1.165) is 40.5 Å². The van der Waals surface area contributed by atoms with Gasteiger partial charge in [-0.15, -0.1) is 0 Å². The number of methoxy groups -OCH3 is 1. The number of aromatic nitrogens is 2. The third-order valence-electron chi connectivity index (χ3n) is 3.64. The van der Waals surface area contributed by atoms with Gasteiger partial charge in [-0.25, -0.2) is 9.97 Å². The second-order valence-electron chi connectivity index (χ2n) is 5.45. The molecular weight excluding hydrogens is 380 g/mol. The number of hydrogen-bond donors (Lipinski definition) is 2. The fourth-order valence-corrected chi connectivity index (χ4v) is 2.63. The van der Waals surface area contributed by atoms with E-state index in [4.69, 9.17) is 4.74 Å². The molecule has 128 valence electrons. The van der Waals surface area contributed by atoms with Crippen LogP contribution in [0, 0.1) is 0 Å². The Balaban J connectivity index is 1.57. The lowest BCUT2D eigenvalue weighted by Crippen LogP contribution is -2.07. The summed E-state index contributed by atoms with van der Waals surface area (Å²) >= 11 is 3.43. The highest BCUT2D eigenvalue weighted by Crippen LogP contribution is 2.19. The van der Waals surface area contributed by atoms with Gasteiger partial charge >= 0.3 is 0 Å². The average Bonchev–Trinajstić information content (AvgIpc) is 2.64. The highest BCUT2D eigenvalue weighted by molar-refractivity contribution is 9.10. The minimum Gasteiger partial charge on any atom is -0.497 e. The number of ether oxygens (including phenoxy) is 1. The van der Waals surface area contributed by atoms with E-state index in [2.05, 4.69) is 42.6 Å². The summed E-state index contributed by atoms with van der Waals surface area (Å²) < 4.78 is 6.29. The molecule has 0 bridgehead atoms. The van der Waals surface area contributed by atoms with E-state index in [9.17, 15) is 0 Å². The molecule has 1 aromatic heterocycles. The van der Waals surface area contributed by atoms with Gasteiger partial charge in [-0.3, -0.25) is 0 Å². The Bertz CT molecular complexity index is 824. The van der Waals surface area contributed by atoms with E-state index in [1.165, 1.54) is 5.56 Å². The van der Waals surface area contributed by atoms with Crippen molar-refractivity contribution in [1.82, 2.24) is 9.97 Å². The van der Waals surface area contributed by atoms with Gasteiger partial charge < -0.3 is 15.4 Å². The first-order valence-corrected chi connectivity index (χ1v) is 8.74. The monoisotopic (exact) mass is 398 g/mol. The first kappa shape index (κ1) is 17.2. The number of rotatable bonds is 7. The van der Waals surface area contributed by atoms with E-state index in [0.29, 0.717) is 0 Å². The Morgan fingerprint density at radius 1 is 1.00 bits per heavy atom. The molecule has 0 atom stereocenters. The Morgan fingerprint density at radius 3 is 2.60 bits per heavy atom. The number of halogens is 1. The van der Waals surface area contributed by atoms with Crippen molar-refractivity contribution >= 4 is 33.3 Å². The largest absolute Gasteiger partial charge is 0.497 e. The van der Waals surface area contributed by atoms with Gasteiger partial charge in [0, 0.05) is 22.8 Å². The van der Waals surface area contributed by atoms with Crippen LogP contribution < -0.4 is 15.4 Å². The molecule has 0 fully saturated rings. The smallest absolute Gasteiger partial charge is 0.135 e. The van der Waals surface area contributed by atoms with E-state index >= 15 is 0 Å². The van der Waals surface area contributed by atoms with Gasteiger partial charge in [0.15, 0.2) is 0 Å². The number of anilines is 3. The Kier molecular flexibility index (Phi) is 5.85. The van der Waals surface area contributed by atoms with Gasteiger partial charge in [0.1, 0.15) is 23.7 Å². The van der Waals surface area contributed by atoms with Crippen molar-refractivity contribution in [2.75, 3.05) is 24.3 Å². The summed E-state index contributed by atoms with van der Waals surface area (Å²) in [6.07, 6.45) is 2.44. The highest BCUT2D eigenvalue weighted by atomic mass is 79.9. The molecule has 0 saturated heterocycles. The van der Waals surface area contributed by atoms with Crippen LogP contribution >= 0.6 is 15.9 Å². The zero-order chi connectivity index (χ0) is 17.5. The fraction of sp³-hybridized carbons (Fsp3) is 0.158. The molecule has 5 nitrogen and oxygen atoms in total. The molecule has 25 heavy (non-hydrogen) atoms. The van der Waals surface area contributed by atoms with Crippen molar-refractivity contribution in [3.8, 4) is 5.75 Å². The number of nitrogens with one attached hydrogen (secondary N) is 2. The van der Waals surface area contributed by atoms with Gasteiger partial charge in [-0.1, -0.05) is 28.1 Å². The first-order chi connectivity index (χ1) is 12.2. The predicted octanol–water partition coefficient (Wildman–Crippen LogP) is 4.65. The third-order valence-corrected chi connectivity index (χ3v) is 4.17. The maximum absolute atomic E-state index is 5.25. The highest BCUT2D eigenvalue weighted by Gasteiger charge is 2.01. The maximum atomic E-state index is 5.25. The third kappa shape index (κ3) is 5.19. The van der Waals surface area contributed by atoms with Gasteiger partial charge in [0.25, 0.3) is 0 Å². The molecule has 0 unspecified atom stereocenters. The summed E-state index contributed by atoms with van der Waals surface area (Å²) in [5, 5.41) is 6.59. The average molecular weight is 399 g/mol. The molecule has 0 amide bonds. The molecule has 2 N–H and O–H groups in total. The van der Waals surface area contributed by atoms with Crippen LogP contribution in [0.25, 0.3) is 0 Å². The quantitative estimate of drug-likeness (QED) is 0.606. The van der Waals surface area contributed by atoms with Crippen molar-refractivity contribution in [1.29, 1.82) is 0 Å². The van der Waals surface area contributed by atoms with Crippen molar-refractivity contribution < 1.29 is 4.74 Å². The molecule has 1 heterocycles. The molecule has 0 saturated carbocycles. The topological polar surface area (TPSA) is 59.1 Å². The zero-order valence-electron chi connectivity index (χ0n) is 13.9. The minimum absolute atomic E-state index is 0.751. The number of benzene rings is 2. The van der Waals surface area contributed by atoms with E-state index in [1.807, 2.05) is 48.5 Å². The van der Waals surface area contributed by atoms with Crippen LogP contribution in [0.3, 0.4) is 0 Å². The molecule has 2 aromatic carbocycles. The Morgan fingerprint density at radius 2 is 1.80 bits per heavy atom. The van der Waals surface area contributed by atoms with E-state index < -0.39 is 0 Å². The molecule has 3 aromatic rings. The summed E-state index contributed by atoms with van der Waals surface area (Å²) in [7, 11) is 1.68. The van der Waals surface area contributed by atoms with E-state index in [-0.39, 0.29) is 0 Å². The minimum atomic E-state index is 0.751. The first-order valence-electron chi connectivity index (χ1n) is 7.94. The Hall–Kier alpha value is -2.60. The molecule has 0 spiro atoms. The van der Waals surface area contributed by atoms with Crippen LogP contribution in [0.15, 0.2) is 65.4 Å². The second kappa shape index (κ2) is 8.48. The van der Waals surface area contributed by atoms with Crippen LogP contribution in [0.1, 0.15) is 5.56 Å². The molecule has 0 aliphatic heterocycles. The summed E-state index contributed by atoms with van der Waals surface area (Å²) in [4.78, 5) is 8.52. The lowest BCUT2D eigenvalue weighted by Gasteiger charge is -2.09. The second-order valence-corrected chi connectivity index (χ2v) is 6.36. The summed E-state index contributed by atoms with van der Waals surface area (Å²) in [6, 6.07) is 17.9. The maximum Gasteiger partial charge on any atom is 0.135 e. The Labute approximate surface area is 155 Å². The standard InChI is InChI=1S/C19H19BrN4O/c1-25-17-4-2-3-14(11-17)9-10-21-18-12-19(23-13-22-18)24-16-7-5-15(20)6-8-16/h2-8,11-13H,9-10H2,1H3,(H2,21,22,23,24).